The summed E-state index contributed by atoms with van der Waals surface area (Å²) in [6, 6.07) is 9.43. The number of carbonyl (C=O) groups is 1. The number of aromatic nitrogens is 2. The molecule has 1 aliphatic rings. The Labute approximate surface area is 173 Å². The minimum atomic E-state index is -0.886. The summed E-state index contributed by atoms with van der Waals surface area (Å²) in [6.45, 7) is 2.75. The number of thiazole rings is 1. The second kappa shape index (κ2) is 8.10. The van der Waals surface area contributed by atoms with E-state index in [2.05, 4.69) is 4.57 Å². The zero-order valence-electron chi connectivity index (χ0n) is 15.8. The highest BCUT2D eigenvalue weighted by Gasteiger charge is 2.23. The predicted octanol–water partition coefficient (Wildman–Crippen LogP) is 6.52. The van der Waals surface area contributed by atoms with Crippen LogP contribution in [0.4, 0.5) is 0 Å². The van der Waals surface area contributed by atoms with E-state index in [-0.39, 0.29) is 0 Å². The quantitative estimate of drug-likeness (QED) is 0.517. The second-order valence-electron chi connectivity index (χ2n) is 7.47. The van der Waals surface area contributed by atoms with E-state index in [1.54, 1.807) is 6.07 Å². The fourth-order valence-electron chi connectivity index (χ4n) is 4.09. The van der Waals surface area contributed by atoms with Crippen molar-refractivity contribution in [3.05, 3.63) is 52.0 Å². The average molecular weight is 415 g/mol. The molecule has 0 amide bonds. The van der Waals surface area contributed by atoms with Crippen molar-refractivity contribution >= 4 is 28.9 Å². The third kappa shape index (κ3) is 3.74. The summed E-state index contributed by atoms with van der Waals surface area (Å²) in [7, 11) is 0. The summed E-state index contributed by atoms with van der Waals surface area (Å²) in [5.41, 5.74) is 3.76. The normalized spacial score (nSPS) is 15.1. The summed E-state index contributed by atoms with van der Waals surface area (Å²) in [5.74, 6) is -0.287. The summed E-state index contributed by atoms with van der Waals surface area (Å²) in [4.78, 5) is 16.5. The predicted molar refractivity (Wildman–Crippen MR) is 114 cm³/mol. The van der Waals surface area contributed by atoms with Crippen LogP contribution in [0.1, 0.15) is 48.2 Å². The molecule has 1 fully saturated rings. The molecule has 1 aromatic carbocycles. The molecule has 2 heterocycles. The van der Waals surface area contributed by atoms with Crippen LogP contribution >= 0.6 is 22.9 Å². The Morgan fingerprint density at radius 2 is 2.04 bits per heavy atom. The van der Waals surface area contributed by atoms with Crippen LogP contribution in [0, 0.1) is 12.8 Å². The van der Waals surface area contributed by atoms with Crippen molar-refractivity contribution in [2.45, 2.75) is 45.6 Å². The van der Waals surface area contributed by atoms with Crippen LogP contribution in [-0.2, 0) is 6.54 Å². The fourth-order valence-corrected chi connectivity index (χ4v) is 5.22. The van der Waals surface area contributed by atoms with Gasteiger partial charge in [-0.3, -0.25) is 0 Å². The smallest absolute Gasteiger partial charge is 0.337 e. The van der Waals surface area contributed by atoms with Crippen molar-refractivity contribution in [3.8, 4) is 22.0 Å². The summed E-state index contributed by atoms with van der Waals surface area (Å²) < 4.78 is 2.16. The van der Waals surface area contributed by atoms with E-state index in [0.717, 1.165) is 34.2 Å². The molecule has 6 heteroatoms. The Bertz CT molecular complexity index is 1000. The maximum Gasteiger partial charge on any atom is 0.337 e. The number of carboxylic acids is 1. The summed E-state index contributed by atoms with van der Waals surface area (Å²) in [6.07, 6.45) is 6.25. The Balaban J connectivity index is 1.73. The van der Waals surface area contributed by atoms with E-state index in [1.165, 1.54) is 43.4 Å². The van der Waals surface area contributed by atoms with Gasteiger partial charge in [0.05, 0.1) is 22.0 Å². The maximum atomic E-state index is 11.7. The van der Waals surface area contributed by atoms with Crippen LogP contribution < -0.4 is 0 Å². The Hall–Kier alpha value is -2.11. The molecule has 1 saturated carbocycles. The van der Waals surface area contributed by atoms with Crippen molar-refractivity contribution < 1.29 is 9.90 Å². The zero-order chi connectivity index (χ0) is 19.7. The monoisotopic (exact) mass is 414 g/mol. The van der Waals surface area contributed by atoms with Gasteiger partial charge in [0.2, 0.25) is 0 Å². The van der Waals surface area contributed by atoms with Crippen LogP contribution in [0.5, 0.6) is 0 Å². The molecule has 0 saturated heterocycles. The molecule has 28 heavy (non-hydrogen) atoms. The third-order valence-corrected chi connectivity index (χ3v) is 6.84. The molecule has 4 nitrogen and oxygen atoms in total. The zero-order valence-corrected chi connectivity index (χ0v) is 17.4. The van der Waals surface area contributed by atoms with E-state index in [1.807, 2.05) is 36.6 Å². The van der Waals surface area contributed by atoms with Gasteiger partial charge in [-0.05, 0) is 37.8 Å². The lowest BCUT2D eigenvalue weighted by Gasteiger charge is -2.24. The lowest BCUT2D eigenvalue weighted by molar-refractivity contribution is 0.0696. The molecule has 2 aromatic heterocycles. The van der Waals surface area contributed by atoms with E-state index in [0.29, 0.717) is 16.5 Å². The molecule has 0 aliphatic heterocycles. The van der Waals surface area contributed by atoms with Gasteiger partial charge >= 0.3 is 5.97 Å². The van der Waals surface area contributed by atoms with Crippen LogP contribution in [0.3, 0.4) is 0 Å². The molecule has 4 rings (SSSR count). The molecule has 0 unspecified atom stereocenters. The number of halogens is 1. The van der Waals surface area contributed by atoms with Crippen LogP contribution in [0.2, 0.25) is 5.02 Å². The van der Waals surface area contributed by atoms with Gasteiger partial charge in [-0.15, -0.1) is 11.3 Å². The molecule has 146 valence electrons. The van der Waals surface area contributed by atoms with Gasteiger partial charge in [-0.1, -0.05) is 49.1 Å². The van der Waals surface area contributed by atoms with Crippen LogP contribution in [0.25, 0.3) is 22.0 Å². The van der Waals surface area contributed by atoms with Crippen LogP contribution in [0.15, 0.2) is 35.7 Å². The van der Waals surface area contributed by atoms with E-state index in [9.17, 15) is 9.90 Å². The van der Waals surface area contributed by atoms with Crippen molar-refractivity contribution in [1.29, 1.82) is 0 Å². The molecular weight excluding hydrogens is 392 g/mol. The summed E-state index contributed by atoms with van der Waals surface area (Å²) in [5, 5.41) is 13.1. The van der Waals surface area contributed by atoms with Crippen molar-refractivity contribution in [2.75, 3.05) is 0 Å². The third-order valence-electron chi connectivity index (χ3n) is 5.63. The minimum Gasteiger partial charge on any atom is -0.478 e. The van der Waals surface area contributed by atoms with Gasteiger partial charge in [0, 0.05) is 23.2 Å². The number of rotatable bonds is 5. The molecular formula is C22H23ClN2O2S. The highest BCUT2D eigenvalue weighted by molar-refractivity contribution is 7.13. The highest BCUT2D eigenvalue weighted by Crippen LogP contribution is 2.35. The van der Waals surface area contributed by atoms with E-state index >= 15 is 0 Å². The van der Waals surface area contributed by atoms with Gasteiger partial charge in [0.15, 0.2) is 0 Å². The van der Waals surface area contributed by atoms with E-state index < -0.39 is 5.97 Å². The van der Waals surface area contributed by atoms with Crippen LogP contribution in [-0.4, -0.2) is 20.6 Å². The van der Waals surface area contributed by atoms with Crippen molar-refractivity contribution in [1.82, 2.24) is 9.55 Å². The largest absolute Gasteiger partial charge is 0.478 e. The Kier molecular flexibility index (Phi) is 5.56. The van der Waals surface area contributed by atoms with Gasteiger partial charge in [0.25, 0.3) is 0 Å². The van der Waals surface area contributed by atoms with Crippen molar-refractivity contribution in [3.63, 3.8) is 0 Å². The number of benzene rings is 1. The molecule has 0 bridgehead atoms. The number of nitrogens with zero attached hydrogens (tertiary/aromatic N) is 2. The number of hydrogen-bond acceptors (Lipinski definition) is 3. The van der Waals surface area contributed by atoms with Gasteiger partial charge < -0.3 is 9.67 Å². The standard InChI is InChI=1S/C22H23ClN2O2S/c1-14-17(22(26)27)11-20(25(14)12-15-7-3-2-4-8-15)19-13-28-21(24-19)16-9-5-6-10-18(16)23/h5-6,9-11,13,15H,2-4,7-8,12H2,1H3,(H,26,27). The molecule has 0 radical (unpaired) electrons. The fraction of sp³-hybridized carbons (Fsp3) is 0.364. The SMILES string of the molecule is Cc1c(C(=O)O)cc(-c2csc(-c3ccccc3Cl)n2)n1CC1CCCCC1. The molecule has 1 N–H and O–H groups in total. The number of aromatic carboxylic acids is 1. The molecule has 0 atom stereocenters. The number of hydrogen-bond donors (Lipinski definition) is 1. The first-order chi connectivity index (χ1) is 13.5. The lowest BCUT2D eigenvalue weighted by Crippen LogP contribution is -2.16. The molecule has 3 aromatic rings. The minimum absolute atomic E-state index is 0.359. The van der Waals surface area contributed by atoms with Gasteiger partial charge in [-0.2, -0.15) is 0 Å². The average Bonchev–Trinajstić information content (AvgIpc) is 3.29. The Morgan fingerprint density at radius 1 is 1.29 bits per heavy atom. The van der Waals surface area contributed by atoms with Gasteiger partial charge in [-0.25, -0.2) is 9.78 Å². The van der Waals surface area contributed by atoms with Gasteiger partial charge in [0.1, 0.15) is 5.01 Å². The first-order valence-electron chi connectivity index (χ1n) is 9.69. The first kappa shape index (κ1) is 19.2. The highest BCUT2D eigenvalue weighted by atomic mass is 35.5. The first-order valence-corrected chi connectivity index (χ1v) is 10.9. The Morgan fingerprint density at radius 3 is 2.75 bits per heavy atom. The maximum absolute atomic E-state index is 11.7. The lowest BCUT2D eigenvalue weighted by atomic mass is 9.89. The second-order valence-corrected chi connectivity index (χ2v) is 8.73. The van der Waals surface area contributed by atoms with E-state index in [4.69, 9.17) is 16.6 Å². The number of carboxylic acid groups (broad SMARTS) is 1. The topological polar surface area (TPSA) is 55.1 Å². The van der Waals surface area contributed by atoms with Crippen molar-refractivity contribution in [2.24, 2.45) is 5.92 Å². The molecule has 0 spiro atoms. The summed E-state index contributed by atoms with van der Waals surface area (Å²) >= 11 is 7.86. The molecule has 1 aliphatic carbocycles.